The van der Waals surface area contributed by atoms with Crippen molar-refractivity contribution in [1.29, 1.82) is 0 Å². The topological polar surface area (TPSA) is 76.2 Å². The molecule has 2 atom stereocenters. The van der Waals surface area contributed by atoms with Gasteiger partial charge in [0.2, 0.25) is 0 Å². The van der Waals surface area contributed by atoms with E-state index >= 15 is 0 Å². The van der Waals surface area contributed by atoms with Crippen molar-refractivity contribution in [2.24, 2.45) is 4.99 Å². The van der Waals surface area contributed by atoms with E-state index in [0.29, 0.717) is 34.2 Å². The van der Waals surface area contributed by atoms with Gasteiger partial charge in [-0.05, 0) is 86.4 Å². The molecule has 1 aliphatic carbocycles. The lowest BCUT2D eigenvalue weighted by molar-refractivity contribution is 0.577. The highest BCUT2D eigenvalue weighted by Gasteiger charge is 2.22. The predicted molar refractivity (Wildman–Crippen MR) is 172 cm³/mol. The van der Waals surface area contributed by atoms with Gasteiger partial charge in [-0.3, -0.25) is 15.0 Å². The molecule has 0 bridgehead atoms. The van der Waals surface area contributed by atoms with Crippen molar-refractivity contribution in [1.82, 2.24) is 15.3 Å². The minimum Gasteiger partial charge on any atom is -0.397 e. The summed E-state index contributed by atoms with van der Waals surface area (Å²) in [7, 11) is 0. The van der Waals surface area contributed by atoms with Gasteiger partial charge in [0.1, 0.15) is 0 Å². The molecule has 2 heterocycles. The summed E-state index contributed by atoms with van der Waals surface area (Å²) >= 11 is 13.3. The highest BCUT2D eigenvalue weighted by molar-refractivity contribution is 6.34. The predicted octanol–water partition coefficient (Wildman–Crippen LogP) is 8.89. The van der Waals surface area contributed by atoms with Crippen molar-refractivity contribution < 1.29 is 0 Å². The first kappa shape index (κ1) is 30.1. The number of aryl methyl sites for hydroxylation is 1. The molecule has 0 aliphatic heterocycles. The maximum atomic E-state index is 6.75. The maximum absolute atomic E-state index is 6.75. The number of rotatable bonds is 12. The van der Waals surface area contributed by atoms with Gasteiger partial charge in [-0.25, -0.2) is 0 Å². The molecule has 212 valence electrons. The zero-order valence-electron chi connectivity index (χ0n) is 24.3. The number of anilines is 1. The molecule has 1 aliphatic rings. The van der Waals surface area contributed by atoms with Gasteiger partial charge >= 0.3 is 0 Å². The van der Waals surface area contributed by atoms with Gasteiger partial charge in [0.15, 0.2) is 0 Å². The second-order valence-electron chi connectivity index (χ2n) is 11.0. The average molecular weight is 579 g/mol. The number of aromatic nitrogens is 2. The van der Waals surface area contributed by atoms with Crippen LogP contribution in [-0.2, 0) is 0 Å². The van der Waals surface area contributed by atoms with Gasteiger partial charge in [-0.2, -0.15) is 0 Å². The van der Waals surface area contributed by atoms with Crippen LogP contribution in [0.4, 0.5) is 5.69 Å². The molecule has 3 aromatic rings. The zero-order chi connectivity index (χ0) is 29.0. The maximum Gasteiger partial charge on any atom is 0.0753 e. The Morgan fingerprint density at radius 3 is 2.65 bits per heavy atom. The number of nitrogens with zero attached hydrogens (tertiary/aromatic N) is 3. The fourth-order valence-corrected chi connectivity index (χ4v) is 5.39. The number of nitrogens with two attached hydrogens (primary N) is 1. The second-order valence-corrected chi connectivity index (χ2v) is 11.8. The van der Waals surface area contributed by atoms with Crippen molar-refractivity contribution in [3.8, 4) is 11.3 Å². The van der Waals surface area contributed by atoms with Crippen LogP contribution in [0.5, 0.6) is 0 Å². The minimum absolute atomic E-state index is 0.186. The van der Waals surface area contributed by atoms with E-state index in [2.05, 4.69) is 55.6 Å². The fraction of sp³-hybridized carbons (Fsp3) is 0.424. The molecule has 1 aromatic carbocycles. The number of benzene rings is 1. The fourth-order valence-electron chi connectivity index (χ4n) is 4.96. The third-order valence-electron chi connectivity index (χ3n) is 7.89. The molecular weight excluding hydrogens is 537 g/mol. The molecule has 0 radical (unpaired) electrons. The zero-order valence-corrected chi connectivity index (χ0v) is 25.8. The molecule has 0 saturated heterocycles. The van der Waals surface area contributed by atoms with Crippen LogP contribution in [0.1, 0.15) is 98.4 Å². The Morgan fingerprint density at radius 2 is 1.98 bits per heavy atom. The Kier molecular flexibility index (Phi) is 9.91. The SMILES string of the molecule is C=C(NCC(CCC)c1cc(C(C)CC)c(C)c(-c2ccnc(C)c2Cl)n1)c1cc(Cl)c(N)c(C=NC2CC2)c1. The average Bonchev–Trinajstić information content (AvgIpc) is 3.77. The molecule has 4 rings (SSSR count). The van der Waals surface area contributed by atoms with E-state index in [1.54, 1.807) is 0 Å². The summed E-state index contributed by atoms with van der Waals surface area (Å²) in [4.78, 5) is 14.2. The summed E-state index contributed by atoms with van der Waals surface area (Å²) < 4.78 is 0. The summed E-state index contributed by atoms with van der Waals surface area (Å²) in [5.41, 5.74) is 15.6. The molecule has 40 heavy (non-hydrogen) atoms. The number of nitrogen functional groups attached to an aromatic ring is 1. The molecule has 2 unspecified atom stereocenters. The van der Waals surface area contributed by atoms with E-state index in [1.165, 1.54) is 11.1 Å². The molecule has 2 aromatic heterocycles. The Balaban J connectivity index is 1.65. The summed E-state index contributed by atoms with van der Waals surface area (Å²) in [5, 5.41) is 4.74. The van der Waals surface area contributed by atoms with Gasteiger partial charge in [-0.1, -0.05) is 57.0 Å². The van der Waals surface area contributed by atoms with Gasteiger partial charge in [0.25, 0.3) is 0 Å². The standard InChI is InChI=1S/C33H41Cl2N5/c1-7-9-23(17-38-21(5)24-14-25(18-39-26-10-11-26)32(36)29(34)15-24)30-16-28(19(3)8-2)20(4)33(40-30)27-12-13-37-22(6)31(27)35/h12-16,18-19,23,26,38H,5,7-11,17,36H2,1-4,6H3. The molecular formula is C33H41Cl2N5. The Labute approximate surface area is 249 Å². The smallest absolute Gasteiger partial charge is 0.0753 e. The summed E-state index contributed by atoms with van der Waals surface area (Å²) in [5.74, 6) is 0.589. The molecule has 7 heteroatoms. The third-order valence-corrected chi connectivity index (χ3v) is 8.68. The largest absolute Gasteiger partial charge is 0.397 e. The summed E-state index contributed by atoms with van der Waals surface area (Å²) in [6.07, 6.45) is 8.99. The first-order valence-electron chi connectivity index (χ1n) is 14.3. The van der Waals surface area contributed by atoms with Crippen molar-refractivity contribution in [3.63, 3.8) is 0 Å². The van der Waals surface area contributed by atoms with E-state index < -0.39 is 0 Å². The second kappa shape index (κ2) is 13.2. The summed E-state index contributed by atoms with van der Waals surface area (Å²) in [6.45, 7) is 15.8. The molecule has 5 nitrogen and oxygen atoms in total. The van der Waals surface area contributed by atoms with E-state index in [0.717, 1.165) is 71.6 Å². The minimum atomic E-state index is 0.186. The van der Waals surface area contributed by atoms with Crippen molar-refractivity contribution in [2.45, 2.75) is 84.6 Å². The van der Waals surface area contributed by atoms with Crippen LogP contribution < -0.4 is 11.1 Å². The van der Waals surface area contributed by atoms with E-state index in [-0.39, 0.29) is 5.92 Å². The first-order valence-corrected chi connectivity index (χ1v) is 15.1. The number of hydrogen-bond donors (Lipinski definition) is 2. The quantitative estimate of drug-likeness (QED) is 0.166. The number of halogens is 2. The van der Waals surface area contributed by atoms with Crippen LogP contribution in [0.15, 0.2) is 42.0 Å². The van der Waals surface area contributed by atoms with Crippen LogP contribution in [-0.4, -0.2) is 28.8 Å². The Bertz CT molecular complexity index is 1410. The van der Waals surface area contributed by atoms with Crippen molar-refractivity contribution in [2.75, 3.05) is 12.3 Å². The molecule has 3 N–H and O–H groups in total. The van der Waals surface area contributed by atoms with Crippen LogP contribution in [0.2, 0.25) is 10.0 Å². The van der Waals surface area contributed by atoms with Gasteiger partial charge in [-0.15, -0.1) is 0 Å². The molecule has 1 fully saturated rings. The van der Waals surface area contributed by atoms with Crippen LogP contribution in [0.3, 0.4) is 0 Å². The normalized spacial score (nSPS) is 14.9. The van der Waals surface area contributed by atoms with E-state index in [9.17, 15) is 0 Å². The molecule has 1 saturated carbocycles. The van der Waals surface area contributed by atoms with Crippen LogP contribution in [0, 0.1) is 13.8 Å². The lowest BCUT2D eigenvalue weighted by Gasteiger charge is -2.24. The highest BCUT2D eigenvalue weighted by atomic mass is 35.5. The van der Waals surface area contributed by atoms with Gasteiger partial charge in [0.05, 0.1) is 33.2 Å². The van der Waals surface area contributed by atoms with Crippen LogP contribution >= 0.6 is 23.2 Å². The number of hydrogen-bond acceptors (Lipinski definition) is 5. The number of pyridine rings is 2. The van der Waals surface area contributed by atoms with Crippen molar-refractivity contribution in [3.05, 3.63) is 80.7 Å². The Morgan fingerprint density at radius 1 is 1.23 bits per heavy atom. The van der Waals surface area contributed by atoms with Gasteiger partial charge < -0.3 is 11.1 Å². The number of nitrogens with one attached hydrogen (secondary N) is 1. The molecule has 0 spiro atoms. The highest BCUT2D eigenvalue weighted by Crippen LogP contribution is 2.37. The van der Waals surface area contributed by atoms with E-state index in [4.69, 9.17) is 33.9 Å². The number of aliphatic imine (C=N–C) groups is 1. The van der Waals surface area contributed by atoms with Gasteiger partial charge in [0, 0.05) is 47.4 Å². The monoisotopic (exact) mass is 577 g/mol. The van der Waals surface area contributed by atoms with Crippen molar-refractivity contribution >= 4 is 40.8 Å². The molecule has 0 amide bonds. The Hall–Kier alpha value is -2.89. The van der Waals surface area contributed by atoms with E-state index in [1.807, 2.05) is 37.5 Å². The lowest BCUT2D eigenvalue weighted by Crippen LogP contribution is -2.22. The lowest BCUT2D eigenvalue weighted by atomic mass is 9.88. The van der Waals surface area contributed by atoms with Crippen LogP contribution in [0.25, 0.3) is 17.0 Å². The summed E-state index contributed by atoms with van der Waals surface area (Å²) in [6, 6.07) is 8.56. The third kappa shape index (κ3) is 6.87. The first-order chi connectivity index (χ1) is 19.1.